The molecule has 0 spiro atoms. The van der Waals surface area contributed by atoms with Crippen molar-refractivity contribution in [2.45, 2.75) is 31.2 Å². The third kappa shape index (κ3) is 5.60. The van der Waals surface area contributed by atoms with Crippen LogP contribution in [0.2, 0.25) is 10.0 Å². The van der Waals surface area contributed by atoms with Gasteiger partial charge in [-0.3, -0.25) is 9.52 Å². The van der Waals surface area contributed by atoms with Gasteiger partial charge in [-0.1, -0.05) is 35.3 Å². The summed E-state index contributed by atoms with van der Waals surface area (Å²) in [4.78, 5) is 19.6. The molecule has 2 heterocycles. The van der Waals surface area contributed by atoms with E-state index >= 15 is 4.39 Å². The van der Waals surface area contributed by atoms with Gasteiger partial charge in [-0.25, -0.2) is 27.5 Å². The summed E-state index contributed by atoms with van der Waals surface area (Å²) in [6, 6.07) is 7.97. The van der Waals surface area contributed by atoms with Gasteiger partial charge in [0.25, 0.3) is 10.0 Å². The molecule has 4 aromatic rings. The summed E-state index contributed by atoms with van der Waals surface area (Å²) < 4.78 is 49.4. The molecule has 0 saturated heterocycles. The largest absolute Gasteiger partial charge is 0.466 e. The quantitative estimate of drug-likeness (QED) is 0.278. The Balaban J connectivity index is 1.65. The number of esters is 1. The first-order valence-corrected chi connectivity index (χ1v) is 13.3. The number of carbonyl (C=O) groups excluding carboxylic acids is 1. The van der Waals surface area contributed by atoms with Crippen molar-refractivity contribution in [3.05, 3.63) is 58.6 Å². The molecule has 0 bridgehead atoms. The molecule has 0 aliphatic heterocycles. The van der Waals surface area contributed by atoms with Gasteiger partial charge in [0.1, 0.15) is 28.6 Å². The number of carbonyl (C=O) groups is 1. The minimum atomic E-state index is -4.23. The van der Waals surface area contributed by atoms with Crippen molar-refractivity contribution in [2.24, 2.45) is 0 Å². The number of anilines is 2. The molecule has 194 valence electrons. The number of nitrogens with zero attached hydrogens (tertiary/aromatic N) is 4. The van der Waals surface area contributed by atoms with E-state index in [-0.39, 0.29) is 38.8 Å². The van der Waals surface area contributed by atoms with Gasteiger partial charge in [-0.2, -0.15) is 5.10 Å². The normalized spacial score (nSPS) is 11.6. The van der Waals surface area contributed by atoms with Crippen LogP contribution < -0.4 is 10.5 Å². The van der Waals surface area contributed by atoms with Crippen LogP contribution in [0.5, 0.6) is 0 Å². The Morgan fingerprint density at radius 3 is 2.73 bits per heavy atom. The third-order valence-corrected chi connectivity index (χ3v) is 7.65. The molecule has 0 aliphatic carbocycles. The molecular formula is C23H21Cl2FN6O4S. The lowest BCUT2D eigenvalue weighted by molar-refractivity contribution is -0.143. The molecule has 3 N–H and O–H groups in total. The lowest BCUT2D eigenvalue weighted by atomic mass is 10.1. The highest BCUT2D eigenvalue weighted by Crippen LogP contribution is 2.34. The second-order valence-corrected chi connectivity index (χ2v) is 10.2. The molecule has 14 heteroatoms. The number of ether oxygens (including phenoxy) is 1. The molecule has 0 amide bonds. The van der Waals surface area contributed by atoms with E-state index in [0.717, 1.165) is 6.07 Å². The molecule has 2 aromatic carbocycles. The highest BCUT2D eigenvalue weighted by Gasteiger charge is 2.23. The average Bonchev–Trinajstić information content (AvgIpc) is 3.22. The summed E-state index contributed by atoms with van der Waals surface area (Å²) in [7, 11) is -4.23. The fourth-order valence-electron chi connectivity index (χ4n) is 3.63. The highest BCUT2D eigenvalue weighted by molar-refractivity contribution is 7.92. The van der Waals surface area contributed by atoms with Gasteiger partial charge >= 0.3 is 5.97 Å². The van der Waals surface area contributed by atoms with Gasteiger partial charge in [0, 0.05) is 18.5 Å². The Morgan fingerprint density at radius 2 is 2.00 bits per heavy atom. The first kappa shape index (κ1) is 26.6. The maximum Gasteiger partial charge on any atom is 0.305 e. The van der Waals surface area contributed by atoms with Crippen LogP contribution in [-0.2, 0) is 26.1 Å². The second kappa shape index (κ2) is 10.9. The molecule has 2 aromatic heterocycles. The van der Waals surface area contributed by atoms with E-state index in [9.17, 15) is 13.2 Å². The molecule has 37 heavy (non-hydrogen) atoms. The molecule has 0 unspecified atom stereocenters. The zero-order chi connectivity index (χ0) is 26.7. The molecular weight excluding hydrogens is 546 g/mol. The summed E-state index contributed by atoms with van der Waals surface area (Å²) >= 11 is 11.9. The highest BCUT2D eigenvalue weighted by atomic mass is 35.5. The SMILES string of the molecule is CCOC(=O)CCCn1nc(-c2ccc(NS(=O)(=O)c3cccc(Cl)c3Cl)c(F)c2)c2c(N)ncnc21. The van der Waals surface area contributed by atoms with E-state index in [0.29, 0.717) is 41.9 Å². The standard InChI is InChI=1S/C23H21Cl2FN6O4S/c1-2-36-18(33)7-4-10-32-23-19(22(27)28-12-29-23)21(30-32)13-8-9-16(15(26)11-13)31-37(34,35)17-6-3-5-14(24)20(17)25/h3,5-6,8-9,11-12,31H,2,4,7,10H2,1H3,(H2,27,28,29). The van der Waals surface area contributed by atoms with E-state index in [1.807, 2.05) is 0 Å². The summed E-state index contributed by atoms with van der Waals surface area (Å²) in [6.07, 6.45) is 1.90. The van der Waals surface area contributed by atoms with Crippen LogP contribution in [0.1, 0.15) is 19.8 Å². The number of sulfonamides is 1. The Morgan fingerprint density at radius 1 is 1.22 bits per heavy atom. The maximum atomic E-state index is 15.1. The molecule has 10 nitrogen and oxygen atoms in total. The Labute approximate surface area is 221 Å². The van der Waals surface area contributed by atoms with E-state index in [1.165, 1.54) is 36.7 Å². The number of nitrogens with two attached hydrogens (primary N) is 1. The number of fused-ring (bicyclic) bond motifs is 1. The van der Waals surface area contributed by atoms with E-state index < -0.39 is 15.8 Å². The minimum absolute atomic E-state index is 0.0462. The van der Waals surface area contributed by atoms with Gasteiger partial charge in [0.2, 0.25) is 0 Å². The molecule has 4 rings (SSSR count). The fourth-order valence-corrected chi connectivity index (χ4v) is 5.46. The first-order chi connectivity index (χ1) is 17.6. The minimum Gasteiger partial charge on any atom is -0.466 e. The number of aryl methyl sites for hydroxylation is 1. The van der Waals surface area contributed by atoms with Crippen molar-refractivity contribution in [2.75, 3.05) is 17.1 Å². The average molecular weight is 567 g/mol. The predicted molar refractivity (Wildman–Crippen MR) is 138 cm³/mol. The number of nitrogen functional groups attached to an aromatic ring is 1. The second-order valence-electron chi connectivity index (χ2n) is 7.79. The van der Waals surface area contributed by atoms with Gasteiger partial charge in [-0.05, 0) is 37.6 Å². The Hall–Kier alpha value is -3.48. The number of hydrogen-bond acceptors (Lipinski definition) is 8. The molecule has 0 radical (unpaired) electrons. The van der Waals surface area contributed by atoms with Crippen LogP contribution in [0.25, 0.3) is 22.3 Å². The van der Waals surface area contributed by atoms with E-state index in [4.69, 9.17) is 33.7 Å². The lowest BCUT2D eigenvalue weighted by Crippen LogP contribution is -2.14. The van der Waals surface area contributed by atoms with Gasteiger partial charge in [0.15, 0.2) is 5.65 Å². The van der Waals surface area contributed by atoms with Gasteiger partial charge in [0.05, 0.1) is 27.7 Å². The fraction of sp³-hybridized carbons (Fsp3) is 0.217. The first-order valence-electron chi connectivity index (χ1n) is 11.0. The number of rotatable bonds is 9. The number of hydrogen-bond donors (Lipinski definition) is 2. The monoisotopic (exact) mass is 566 g/mol. The number of halogens is 3. The maximum absolute atomic E-state index is 15.1. The van der Waals surface area contributed by atoms with Gasteiger partial charge < -0.3 is 10.5 Å². The van der Waals surface area contributed by atoms with Crippen LogP contribution in [0, 0.1) is 5.82 Å². The molecule has 0 fully saturated rings. The van der Waals surface area contributed by atoms with Crippen molar-refractivity contribution in [3.63, 3.8) is 0 Å². The zero-order valence-electron chi connectivity index (χ0n) is 19.4. The lowest BCUT2D eigenvalue weighted by Gasteiger charge is -2.11. The molecule has 0 aliphatic rings. The predicted octanol–water partition coefficient (Wildman–Crippen LogP) is 4.67. The summed E-state index contributed by atoms with van der Waals surface area (Å²) in [6.45, 7) is 2.35. The van der Waals surface area contributed by atoms with Crippen LogP contribution >= 0.6 is 23.2 Å². The van der Waals surface area contributed by atoms with Crippen molar-refractivity contribution < 1.29 is 22.3 Å². The molecule has 0 atom stereocenters. The van der Waals surface area contributed by atoms with Crippen molar-refractivity contribution >= 4 is 61.7 Å². The van der Waals surface area contributed by atoms with Gasteiger partial charge in [-0.15, -0.1) is 0 Å². The van der Waals surface area contributed by atoms with Crippen molar-refractivity contribution in [1.82, 2.24) is 19.7 Å². The van der Waals surface area contributed by atoms with Crippen LogP contribution in [0.15, 0.2) is 47.6 Å². The summed E-state index contributed by atoms with van der Waals surface area (Å²) in [5, 5.41) is 4.79. The van der Waals surface area contributed by atoms with Crippen LogP contribution in [0.3, 0.4) is 0 Å². The van der Waals surface area contributed by atoms with E-state index in [1.54, 1.807) is 11.6 Å². The smallest absolute Gasteiger partial charge is 0.305 e. The number of aromatic nitrogens is 4. The van der Waals surface area contributed by atoms with Crippen molar-refractivity contribution in [3.8, 4) is 11.3 Å². The van der Waals surface area contributed by atoms with E-state index in [2.05, 4.69) is 19.8 Å². The zero-order valence-corrected chi connectivity index (χ0v) is 21.7. The summed E-state index contributed by atoms with van der Waals surface area (Å²) in [5.74, 6) is -1.05. The van der Waals surface area contributed by atoms with Crippen LogP contribution in [-0.4, -0.2) is 40.7 Å². The number of benzene rings is 2. The topological polar surface area (TPSA) is 142 Å². The van der Waals surface area contributed by atoms with Crippen LogP contribution in [0.4, 0.5) is 15.9 Å². The Kier molecular flexibility index (Phi) is 7.81. The summed E-state index contributed by atoms with van der Waals surface area (Å²) in [5.41, 5.74) is 6.80. The van der Waals surface area contributed by atoms with Crippen molar-refractivity contribution in [1.29, 1.82) is 0 Å². The number of nitrogens with one attached hydrogen (secondary N) is 1. The third-order valence-electron chi connectivity index (χ3n) is 5.31. The molecule has 0 saturated carbocycles. The Bertz CT molecular complexity index is 1600.